The first-order valence-corrected chi connectivity index (χ1v) is 15.3. The molecule has 0 bridgehead atoms. The number of hydrogen-bond acceptors (Lipinski definition) is 11. The summed E-state index contributed by atoms with van der Waals surface area (Å²) in [6.45, 7) is 19.5. The molecule has 0 aromatic carbocycles. The lowest BCUT2D eigenvalue weighted by molar-refractivity contribution is -0.144. The van der Waals surface area contributed by atoms with E-state index < -0.39 is 76.9 Å². The van der Waals surface area contributed by atoms with Crippen LogP contribution in [0.15, 0.2) is 18.2 Å². The summed E-state index contributed by atoms with van der Waals surface area (Å²) in [7, 11) is 0. The molecule has 14 nitrogen and oxygen atoms in total. The molecule has 2 heterocycles. The molecule has 49 heavy (non-hydrogen) atoms. The number of imide groups is 2. The number of carbonyl (C=O) groups is 4. The van der Waals surface area contributed by atoms with Crippen LogP contribution in [0, 0.1) is 0 Å². The Morgan fingerprint density at radius 3 is 1.27 bits per heavy atom. The van der Waals surface area contributed by atoms with Crippen molar-refractivity contribution in [2.24, 2.45) is 0 Å². The standard InChI is InChI=1S/C32H46F3N5O9/c1-14-38-21(32(33,34)35)15-19(37-38)18-45-20-16-22(39(24(41)46-28(2,3)4)25(42)47-29(5,6)7)36-23(17-20)40(26(43)48-30(8,9)10)27(44)49-31(11,12)13/h15-17H,14,18H2,1-13H3. The van der Waals surface area contributed by atoms with E-state index in [1.165, 1.54) is 6.92 Å². The molecule has 0 N–H and O–H groups in total. The molecule has 17 heteroatoms. The lowest BCUT2D eigenvalue weighted by Crippen LogP contribution is -2.45. The lowest BCUT2D eigenvalue weighted by atomic mass is 10.2. The van der Waals surface area contributed by atoms with Crippen molar-refractivity contribution in [1.82, 2.24) is 14.8 Å². The van der Waals surface area contributed by atoms with Crippen molar-refractivity contribution in [3.8, 4) is 5.75 Å². The van der Waals surface area contributed by atoms with Crippen molar-refractivity contribution in [3.63, 3.8) is 0 Å². The number of halogens is 3. The molecular formula is C32H46F3N5O9. The minimum Gasteiger partial charge on any atom is -0.487 e. The molecule has 0 spiro atoms. The molecule has 0 atom stereocenters. The van der Waals surface area contributed by atoms with Gasteiger partial charge in [-0.3, -0.25) is 4.68 Å². The number of alkyl halides is 3. The molecule has 0 radical (unpaired) electrons. The van der Waals surface area contributed by atoms with Crippen LogP contribution in [0.3, 0.4) is 0 Å². The molecule has 2 aromatic heterocycles. The average Bonchev–Trinajstić information content (AvgIpc) is 3.27. The van der Waals surface area contributed by atoms with Gasteiger partial charge in [-0.05, 0) is 96.1 Å². The summed E-state index contributed by atoms with van der Waals surface area (Å²) in [6, 6.07) is 2.94. The summed E-state index contributed by atoms with van der Waals surface area (Å²) in [4.78, 5) is 59.0. The first-order chi connectivity index (χ1) is 22.0. The predicted molar refractivity (Wildman–Crippen MR) is 171 cm³/mol. The van der Waals surface area contributed by atoms with E-state index in [-0.39, 0.29) is 18.0 Å². The van der Waals surface area contributed by atoms with Gasteiger partial charge in [0.25, 0.3) is 0 Å². The van der Waals surface area contributed by atoms with E-state index >= 15 is 0 Å². The minimum atomic E-state index is -4.69. The van der Waals surface area contributed by atoms with Crippen molar-refractivity contribution in [2.45, 2.75) is 132 Å². The second-order valence-electron chi connectivity index (χ2n) is 14.7. The highest BCUT2D eigenvalue weighted by Gasteiger charge is 2.39. The maximum atomic E-state index is 13.6. The Hall–Kier alpha value is -4.57. The third-order valence-electron chi connectivity index (χ3n) is 5.34. The van der Waals surface area contributed by atoms with Crippen LogP contribution >= 0.6 is 0 Å². The van der Waals surface area contributed by atoms with Crippen LogP contribution in [0.2, 0.25) is 0 Å². The van der Waals surface area contributed by atoms with Crippen LogP contribution in [0.1, 0.15) is 101 Å². The molecule has 0 saturated heterocycles. The first kappa shape index (κ1) is 40.6. The predicted octanol–water partition coefficient (Wildman–Crippen LogP) is 8.25. The van der Waals surface area contributed by atoms with Gasteiger partial charge >= 0.3 is 30.5 Å². The van der Waals surface area contributed by atoms with Gasteiger partial charge in [-0.1, -0.05) is 0 Å². The Morgan fingerprint density at radius 2 is 1.00 bits per heavy atom. The smallest absolute Gasteiger partial charge is 0.433 e. The van der Waals surface area contributed by atoms with Gasteiger partial charge in [0.05, 0.1) is 0 Å². The maximum absolute atomic E-state index is 13.6. The quantitative estimate of drug-likeness (QED) is 0.268. The third kappa shape index (κ3) is 12.8. The van der Waals surface area contributed by atoms with Crippen LogP contribution < -0.4 is 14.5 Å². The van der Waals surface area contributed by atoms with Crippen molar-refractivity contribution in [1.29, 1.82) is 0 Å². The van der Waals surface area contributed by atoms with Crippen molar-refractivity contribution in [2.75, 3.05) is 9.80 Å². The van der Waals surface area contributed by atoms with E-state index in [0.717, 1.165) is 22.9 Å². The zero-order valence-electron chi connectivity index (χ0n) is 30.2. The number of aromatic nitrogens is 3. The monoisotopic (exact) mass is 701 g/mol. The normalized spacial score (nSPS) is 12.6. The largest absolute Gasteiger partial charge is 0.487 e. The number of amides is 4. The third-order valence-corrected chi connectivity index (χ3v) is 5.34. The summed E-state index contributed by atoms with van der Waals surface area (Å²) in [5.74, 6) is -1.33. The topological polar surface area (TPSA) is 152 Å². The number of hydrogen-bond donors (Lipinski definition) is 0. The van der Waals surface area contributed by atoms with Crippen LogP contribution in [0.4, 0.5) is 44.0 Å². The molecule has 0 fully saturated rings. The highest BCUT2D eigenvalue weighted by Crippen LogP contribution is 2.33. The zero-order chi connectivity index (χ0) is 37.9. The average molecular weight is 702 g/mol. The van der Waals surface area contributed by atoms with E-state index in [4.69, 9.17) is 23.7 Å². The molecule has 0 aliphatic carbocycles. The Kier molecular flexibility index (Phi) is 12.0. The highest BCUT2D eigenvalue weighted by atomic mass is 19.4. The van der Waals surface area contributed by atoms with E-state index in [9.17, 15) is 32.3 Å². The number of aryl methyl sites for hydroxylation is 1. The summed E-state index contributed by atoms with van der Waals surface area (Å²) in [5.41, 5.74) is -5.57. The summed E-state index contributed by atoms with van der Waals surface area (Å²) in [5, 5.41) is 3.94. The Balaban J connectivity index is 2.85. The van der Waals surface area contributed by atoms with Crippen LogP contribution in [-0.2, 0) is 38.3 Å². The number of carbonyl (C=O) groups excluding carboxylic acids is 4. The van der Waals surface area contributed by atoms with Gasteiger partial charge in [-0.25, -0.2) is 24.2 Å². The molecule has 0 aliphatic rings. The summed E-state index contributed by atoms with van der Waals surface area (Å²) in [6.07, 6.45) is -9.66. The van der Waals surface area contributed by atoms with Gasteiger partial charge in [0.2, 0.25) is 0 Å². The first-order valence-electron chi connectivity index (χ1n) is 15.3. The van der Waals surface area contributed by atoms with Crippen LogP contribution in [-0.4, -0.2) is 61.5 Å². The Morgan fingerprint density at radius 1 is 0.653 bits per heavy atom. The molecule has 2 rings (SSSR count). The molecular weight excluding hydrogens is 655 g/mol. The molecule has 4 amide bonds. The second-order valence-corrected chi connectivity index (χ2v) is 14.7. The number of nitrogens with zero attached hydrogens (tertiary/aromatic N) is 5. The van der Waals surface area contributed by atoms with Gasteiger partial charge in [-0.15, -0.1) is 0 Å². The SMILES string of the molecule is CCn1nc(COc2cc(N(C(=O)OC(C)(C)C)C(=O)OC(C)(C)C)nc(N(C(=O)OC(C)(C)C)C(=O)OC(C)(C)C)c2)cc1C(F)(F)F. The molecule has 0 unspecified atom stereocenters. The van der Waals surface area contributed by atoms with Gasteiger partial charge in [0, 0.05) is 18.7 Å². The summed E-state index contributed by atoms with van der Waals surface area (Å²) >= 11 is 0. The number of rotatable bonds is 6. The molecule has 274 valence electrons. The van der Waals surface area contributed by atoms with Gasteiger partial charge in [-0.2, -0.15) is 28.1 Å². The van der Waals surface area contributed by atoms with E-state index in [1.807, 2.05) is 0 Å². The van der Waals surface area contributed by atoms with Gasteiger partial charge in [0.1, 0.15) is 46.1 Å². The van der Waals surface area contributed by atoms with Crippen molar-refractivity contribution in [3.05, 3.63) is 29.6 Å². The van der Waals surface area contributed by atoms with Gasteiger partial charge in [0.15, 0.2) is 11.6 Å². The summed E-state index contributed by atoms with van der Waals surface area (Å²) < 4.78 is 69.0. The Bertz CT molecular complexity index is 1390. The fourth-order valence-corrected chi connectivity index (χ4v) is 3.71. The Labute approximate surface area is 283 Å². The fraction of sp³-hybridized carbons (Fsp3) is 0.625. The van der Waals surface area contributed by atoms with E-state index in [2.05, 4.69) is 10.1 Å². The number of anilines is 2. The van der Waals surface area contributed by atoms with E-state index in [0.29, 0.717) is 9.80 Å². The number of pyridine rings is 1. The zero-order valence-corrected chi connectivity index (χ0v) is 30.2. The number of ether oxygens (including phenoxy) is 5. The molecule has 2 aromatic rings. The van der Waals surface area contributed by atoms with Crippen LogP contribution in [0.25, 0.3) is 0 Å². The maximum Gasteiger partial charge on any atom is 0.433 e. The van der Waals surface area contributed by atoms with Crippen molar-refractivity contribution >= 4 is 36.0 Å². The van der Waals surface area contributed by atoms with Crippen LogP contribution in [0.5, 0.6) is 5.75 Å². The highest BCUT2D eigenvalue weighted by molar-refractivity contribution is 6.11. The van der Waals surface area contributed by atoms with Crippen molar-refractivity contribution < 1.29 is 56.0 Å². The lowest BCUT2D eigenvalue weighted by Gasteiger charge is -2.30. The second kappa shape index (κ2) is 14.5. The fourth-order valence-electron chi connectivity index (χ4n) is 3.71. The molecule has 0 saturated carbocycles. The molecule has 0 aliphatic heterocycles. The van der Waals surface area contributed by atoms with E-state index in [1.54, 1.807) is 83.1 Å². The minimum absolute atomic E-state index is 0.0835. The van der Waals surface area contributed by atoms with Gasteiger partial charge < -0.3 is 23.7 Å².